The van der Waals surface area contributed by atoms with E-state index < -0.39 is 11.5 Å². The van der Waals surface area contributed by atoms with Crippen molar-refractivity contribution in [1.29, 1.82) is 0 Å². The van der Waals surface area contributed by atoms with Crippen molar-refractivity contribution < 1.29 is 14.6 Å². The van der Waals surface area contributed by atoms with Crippen LogP contribution in [0.2, 0.25) is 0 Å². The SMILES string of the molecule is CC(O)C1(C)COC(=O)C1C. The van der Waals surface area contributed by atoms with E-state index in [9.17, 15) is 9.90 Å². The van der Waals surface area contributed by atoms with E-state index in [0.29, 0.717) is 6.61 Å². The van der Waals surface area contributed by atoms with Gasteiger partial charge < -0.3 is 9.84 Å². The van der Waals surface area contributed by atoms with E-state index in [0.717, 1.165) is 0 Å². The summed E-state index contributed by atoms with van der Waals surface area (Å²) in [7, 11) is 0. The summed E-state index contributed by atoms with van der Waals surface area (Å²) in [5.41, 5.74) is -0.392. The quantitative estimate of drug-likeness (QED) is 0.567. The molecule has 1 rings (SSSR count). The van der Waals surface area contributed by atoms with Crippen molar-refractivity contribution >= 4 is 5.97 Å². The highest BCUT2D eigenvalue weighted by Gasteiger charge is 2.47. The number of carbonyl (C=O) groups is 1. The standard InChI is InChI=1S/C8H14O3/c1-5-7(10)11-4-8(5,3)6(2)9/h5-6,9H,4H2,1-3H3. The summed E-state index contributed by atoms with van der Waals surface area (Å²) in [5, 5.41) is 9.37. The first-order chi connectivity index (χ1) is 4.98. The highest BCUT2D eigenvalue weighted by Crippen LogP contribution is 2.37. The molecule has 3 nitrogen and oxygen atoms in total. The first-order valence-corrected chi connectivity index (χ1v) is 3.83. The minimum absolute atomic E-state index is 0.192. The zero-order valence-corrected chi connectivity index (χ0v) is 7.13. The molecule has 0 aromatic heterocycles. The first kappa shape index (κ1) is 8.53. The highest BCUT2D eigenvalue weighted by molar-refractivity contribution is 5.75. The molecule has 1 aliphatic heterocycles. The number of aliphatic hydroxyl groups excluding tert-OH is 1. The van der Waals surface area contributed by atoms with Gasteiger partial charge in [0.15, 0.2) is 0 Å². The smallest absolute Gasteiger partial charge is 0.309 e. The Morgan fingerprint density at radius 2 is 2.36 bits per heavy atom. The molecule has 0 saturated carbocycles. The van der Waals surface area contributed by atoms with Gasteiger partial charge in [-0.05, 0) is 6.92 Å². The average molecular weight is 158 g/mol. The van der Waals surface area contributed by atoms with Crippen LogP contribution < -0.4 is 0 Å². The lowest BCUT2D eigenvalue weighted by atomic mass is 9.77. The maximum absolute atomic E-state index is 11.0. The molecule has 11 heavy (non-hydrogen) atoms. The van der Waals surface area contributed by atoms with Gasteiger partial charge in [-0.2, -0.15) is 0 Å². The average Bonchev–Trinajstić information content (AvgIpc) is 2.18. The van der Waals surface area contributed by atoms with Crippen molar-refractivity contribution in [2.45, 2.75) is 26.9 Å². The molecule has 1 N–H and O–H groups in total. The van der Waals surface area contributed by atoms with Crippen LogP contribution >= 0.6 is 0 Å². The fraction of sp³-hybridized carbons (Fsp3) is 0.875. The van der Waals surface area contributed by atoms with E-state index in [-0.39, 0.29) is 11.9 Å². The van der Waals surface area contributed by atoms with Crippen molar-refractivity contribution in [2.75, 3.05) is 6.61 Å². The van der Waals surface area contributed by atoms with Crippen LogP contribution in [0.1, 0.15) is 20.8 Å². The topological polar surface area (TPSA) is 46.5 Å². The highest BCUT2D eigenvalue weighted by atomic mass is 16.5. The lowest BCUT2D eigenvalue weighted by molar-refractivity contribution is -0.140. The van der Waals surface area contributed by atoms with Crippen molar-refractivity contribution in [2.24, 2.45) is 11.3 Å². The van der Waals surface area contributed by atoms with Gasteiger partial charge in [-0.3, -0.25) is 4.79 Å². The minimum Gasteiger partial charge on any atom is -0.465 e. The lowest BCUT2D eigenvalue weighted by Crippen LogP contribution is -2.36. The van der Waals surface area contributed by atoms with Gasteiger partial charge in [0, 0.05) is 5.41 Å². The van der Waals surface area contributed by atoms with Gasteiger partial charge in [0.25, 0.3) is 0 Å². The van der Waals surface area contributed by atoms with Crippen LogP contribution in [-0.4, -0.2) is 23.8 Å². The second-order valence-electron chi connectivity index (χ2n) is 3.51. The number of rotatable bonds is 1. The van der Waals surface area contributed by atoms with Crippen molar-refractivity contribution in [3.8, 4) is 0 Å². The van der Waals surface area contributed by atoms with Gasteiger partial charge in [-0.15, -0.1) is 0 Å². The third-order valence-corrected chi connectivity index (χ3v) is 2.82. The summed E-state index contributed by atoms with van der Waals surface area (Å²) in [4.78, 5) is 11.0. The Morgan fingerprint density at radius 3 is 2.55 bits per heavy atom. The number of hydrogen-bond acceptors (Lipinski definition) is 3. The molecule has 0 spiro atoms. The van der Waals surface area contributed by atoms with E-state index in [4.69, 9.17) is 4.74 Å². The van der Waals surface area contributed by atoms with Gasteiger partial charge >= 0.3 is 5.97 Å². The van der Waals surface area contributed by atoms with Crippen LogP contribution in [0.15, 0.2) is 0 Å². The molecule has 0 amide bonds. The first-order valence-electron chi connectivity index (χ1n) is 3.83. The predicted octanol–water partition coefficient (Wildman–Crippen LogP) is 0.566. The molecule has 0 aromatic rings. The van der Waals surface area contributed by atoms with Crippen LogP contribution in [0.25, 0.3) is 0 Å². The van der Waals surface area contributed by atoms with Crippen LogP contribution in [0.3, 0.4) is 0 Å². The fourth-order valence-electron chi connectivity index (χ4n) is 1.23. The molecule has 3 atom stereocenters. The number of cyclic esters (lactones) is 1. The van der Waals surface area contributed by atoms with E-state index in [1.165, 1.54) is 0 Å². The second-order valence-corrected chi connectivity index (χ2v) is 3.51. The van der Waals surface area contributed by atoms with E-state index >= 15 is 0 Å². The third kappa shape index (κ3) is 1.13. The Balaban J connectivity index is 2.81. The summed E-state index contributed by atoms with van der Waals surface area (Å²) >= 11 is 0. The molecule has 3 heteroatoms. The number of ether oxygens (including phenoxy) is 1. The van der Waals surface area contributed by atoms with Crippen LogP contribution in [0.4, 0.5) is 0 Å². The Morgan fingerprint density at radius 1 is 1.82 bits per heavy atom. The summed E-state index contributed by atoms with van der Waals surface area (Å²) in [5.74, 6) is -0.393. The molecule has 1 heterocycles. The molecule has 1 saturated heterocycles. The molecule has 1 fully saturated rings. The third-order valence-electron chi connectivity index (χ3n) is 2.82. The molecule has 64 valence electrons. The lowest BCUT2D eigenvalue weighted by Gasteiger charge is -2.27. The van der Waals surface area contributed by atoms with Gasteiger partial charge in [0.2, 0.25) is 0 Å². The van der Waals surface area contributed by atoms with E-state index in [1.807, 2.05) is 6.92 Å². The van der Waals surface area contributed by atoms with Crippen molar-refractivity contribution in [3.63, 3.8) is 0 Å². The molecule has 1 aliphatic rings. The number of hydrogen-bond donors (Lipinski definition) is 1. The summed E-state index contributed by atoms with van der Waals surface area (Å²) < 4.78 is 4.84. The normalized spacial score (nSPS) is 40.4. The van der Waals surface area contributed by atoms with Crippen molar-refractivity contribution in [3.05, 3.63) is 0 Å². The van der Waals surface area contributed by atoms with Crippen LogP contribution in [0.5, 0.6) is 0 Å². The molecule has 0 aromatic carbocycles. The van der Waals surface area contributed by atoms with Gasteiger partial charge in [-0.1, -0.05) is 13.8 Å². The molecule has 0 bridgehead atoms. The molecule has 3 unspecified atom stereocenters. The van der Waals surface area contributed by atoms with Crippen LogP contribution in [0, 0.1) is 11.3 Å². The minimum atomic E-state index is -0.496. The predicted molar refractivity (Wildman–Crippen MR) is 39.9 cm³/mol. The number of carbonyl (C=O) groups excluding carboxylic acids is 1. The van der Waals surface area contributed by atoms with Gasteiger partial charge in [0.1, 0.15) is 0 Å². The summed E-state index contributed by atoms with van der Waals surface area (Å²) in [6.07, 6.45) is -0.496. The summed E-state index contributed by atoms with van der Waals surface area (Å²) in [6.45, 7) is 5.69. The Hall–Kier alpha value is -0.570. The monoisotopic (exact) mass is 158 g/mol. The van der Waals surface area contributed by atoms with Gasteiger partial charge in [-0.25, -0.2) is 0 Å². The number of esters is 1. The Labute approximate surface area is 66.4 Å². The fourth-order valence-corrected chi connectivity index (χ4v) is 1.23. The van der Waals surface area contributed by atoms with E-state index in [2.05, 4.69) is 0 Å². The zero-order valence-electron chi connectivity index (χ0n) is 7.13. The molecular formula is C8H14O3. The summed E-state index contributed by atoms with van der Waals surface area (Å²) in [6, 6.07) is 0. The molecule has 0 radical (unpaired) electrons. The van der Waals surface area contributed by atoms with E-state index in [1.54, 1.807) is 13.8 Å². The maximum Gasteiger partial charge on any atom is 0.309 e. The van der Waals surface area contributed by atoms with Crippen LogP contribution in [-0.2, 0) is 9.53 Å². The zero-order chi connectivity index (χ0) is 8.65. The maximum atomic E-state index is 11.0. The molecule has 0 aliphatic carbocycles. The largest absolute Gasteiger partial charge is 0.465 e. The second kappa shape index (κ2) is 2.48. The Bertz CT molecular complexity index is 176. The number of aliphatic hydroxyl groups is 1. The molecular weight excluding hydrogens is 144 g/mol. The van der Waals surface area contributed by atoms with Gasteiger partial charge in [0.05, 0.1) is 18.6 Å². The van der Waals surface area contributed by atoms with Crippen molar-refractivity contribution in [1.82, 2.24) is 0 Å². The Kier molecular flexibility index (Phi) is 1.92.